The maximum Gasteiger partial charge on any atom is 0.154 e. The van der Waals surface area contributed by atoms with E-state index in [0.717, 1.165) is 16.9 Å². The van der Waals surface area contributed by atoms with E-state index < -0.39 is 0 Å². The van der Waals surface area contributed by atoms with Crippen molar-refractivity contribution in [2.24, 2.45) is 0 Å². The first kappa shape index (κ1) is 17.8. The Morgan fingerprint density at radius 1 is 0.885 bits per heavy atom. The number of aliphatic hydroxyl groups is 1. The van der Waals surface area contributed by atoms with Gasteiger partial charge in [-0.1, -0.05) is 62.4 Å². The lowest BCUT2D eigenvalue weighted by Crippen LogP contribution is -1.95. The fourth-order valence-electron chi connectivity index (χ4n) is 2.98. The largest absolute Gasteiger partial charge is 0.390 e. The number of benzene rings is 2. The number of nitrogens with zero attached hydrogens (tertiary/aromatic N) is 3. The molecule has 0 saturated heterocycles. The predicted octanol–water partition coefficient (Wildman–Crippen LogP) is 4.89. The highest BCUT2D eigenvalue weighted by molar-refractivity contribution is 5.77. The molecule has 0 aliphatic carbocycles. The molecule has 0 fully saturated rings. The van der Waals surface area contributed by atoms with E-state index in [4.69, 9.17) is 0 Å². The third kappa shape index (κ3) is 3.37. The molecule has 0 unspecified atom stereocenters. The first-order valence-corrected chi connectivity index (χ1v) is 8.88. The molecule has 1 N–H and O–H groups in total. The molecule has 4 aromatic rings. The summed E-state index contributed by atoms with van der Waals surface area (Å²) in [7, 11) is 0. The van der Waals surface area contributed by atoms with Crippen molar-refractivity contribution in [1.29, 1.82) is 0 Å². The highest BCUT2D eigenvalue weighted by Crippen LogP contribution is 2.31. The van der Waals surface area contributed by atoms with Gasteiger partial charge in [0.05, 0.1) is 24.2 Å². The quantitative estimate of drug-likeness (QED) is 0.575. The van der Waals surface area contributed by atoms with Crippen LogP contribution in [-0.2, 0) is 6.61 Å². The standard InChI is InChI=1S/C20H17N3O.C2H6/c1-14-17(15-6-3-2-4-7-15)8-5-9-18(14)19-12-23-20(21-19)11-10-16(13-24)22-23;1-2/h2-12,24H,13H2,1H3;1-2H3. The van der Waals surface area contributed by atoms with Gasteiger partial charge in [-0.3, -0.25) is 0 Å². The van der Waals surface area contributed by atoms with Crippen LogP contribution in [0.5, 0.6) is 0 Å². The predicted molar refractivity (Wildman–Crippen MR) is 106 cm³/mol. The second-order valence-electron chi connectivity index (χ2n) is 5.76. The fraction of sp³-hybridized carbons (Fsp3) is 0.182. The van der Waals surface area contributed by atoms with Crippen LogP contribution in [0, 0.1) is 6.92 Å². The minimum Gasteiger partial charge on any atom is -0.390 e. The molecule has 132 valence electrons. The minimum absolute atomic E-state index is 0.0774. The molecule has 0 aliphatic heterocycles. The highest BCUT2D eigenvalue weighted by atomic mass is 16.3. The van der Waals surface area contributed by atoms with Crippen LogP contribution >= 0.6 is 0 Å². The Morgan fingerprint density at radius 2 is 1.62 bits per heavy atom. The van der Waals surface area contributed by atoms with Crippen molar-refractivity contribution in [2.75, 3.05) is 0 Å². The summed E-state index contributed by atoms with van der Waals surface area (Å²) in [4.78, 5) is 4.67. The van der Waals surface area contributed by atoms with Gasteiger partial charge in [0.2, 0.25) is 0 Å². The van der Waals surface area contributed by atoms with E-state index in [0.29, 0.717) is 5.69 Å². The number of hydrogen-bond donors (Lipinski definition) is 1. The Morgan fingerprint density at radius 3 is 2.35 bits per heavy atom. The molecule has 2 heterocycles. The van der Waals surface area contributed by atoms with E-state index in [9.17, 15) is 5.11 Å². The van der Waals surface area contributed by atoms with E-state index in [1.54, 1.807) is 10.6 Å². The highest BCUT2D eigenvalue weighted by Gasteiger charge is 2.11. The third-order valence-electron chi connectivity index (χ3n) is 4.23. The molecule has 0 amide bonds. The van der Waals surface area contributed by atoms with E-state index in [-0.39, 0.29) is 6.61 Å². The summed E-state index contributed by atoms with van der Waals surface area (Å²) >= 11 is 0. The van der Waals surface area contributed by atoms with Gasteiger partial charge in [0.15, 0.2) is 5.65 Å². The van der Waals surface area contributed by atoms with E-state index in [1.165, 1.54) is 16.7 Å². The molecular weight excluding hydrogens is 322 g/mol. The smallest absolute Gasteiger partial charge is 0.154 e. The number of aliphatic hydroxyl groups excluding tert-OH is 1. The van der Waals surface area contributed by atoms with Crippen molar-refractivity contribution in [2.45, 2.75) is 27.4 Å². The zero-order valence-corrected chi connectivity index (χ0v) is 15.3. The molecule has 0 atom stereocenters. The van der Waals surface area contributed by atoms with Crippen molar-refractivity contribution in [3.05, 3.63) is 78.1 Å². The number of fused-ring (bicyclic) bond motifs is 1. The average molecular weight is 345 g/mol. The molecule has 0 spiro atoms. The van der Waals surface area contributed by atoms with Crippen LogP contribution in [0.25, 0.3) is 28.0 Å². The number of rotatable bonds is 3. The molecule has 2 aromatic carbocycles. The van der Waals surface area contributed by atoms with Gasteiger partial charge in [-0.25, -0.2) is 9.50 Å². The Bertz CT molecular complexity index is 1010. The van der Waals surface area contributed by atoms with Gasteiger partial charge in [-0.2, -0.15) is 5.10 Å². The summed E-state index contributed by atoms with van der Waals surface area (Å²) in [6.45, 7) is 6.04. The summed E-state index contributed by atoms with van der Waals surface area (Å²) in [6.07, 6.45) is 1.91. The van der Waals surface area contributed by atoms with E-state index in [1.807, 2.05) is 44.3 Å². The zero-order chi connectivity index (χ0) is 18.5. The summed E-state index contributed by atoms with van der Waals surface area (Å²) in [5.41, 5.74) is 6.96. The van der Waals surface area contributed by atoms with Crippen LogP contribution in [-0.4, -0.2) is 19.7 Å². The number of imidazole rings is 1. The summed E-state index contributed by atoms with van der Waals surface area (Å²) in [5.74, 6) is 0. The Labute approximate surface area is 153 Å². The molecular formula is C22H23N3O. The van der Waals surface area contributed by atoms with Crippen LogP contribution in [0.1, 0.15) is 25.1 Å². The lowest BCUT2D eigenvalue weighted by atomic mass is 9.95. The Hall–Kier alpha value is -2.98. The molecule has 4 rings (SSSR count). The van der Waals surface area contributed by atoms with Crippen molar-refractivity contribution >= 4 is 5.65 Å². The molecule has 4 heteroatoms. The maximum atomic E-state index is 9.23. The molecule has 2 aromatic heterocycles. The van der Waals surface area contributed by atoms with Crippen LogP contribution in [0.3, 0.4) is 0 Å². The molecule has 0 aliphatic rings. The van der Waals surface area contributed by atoms with Gasteiger partial charge in [0, 0.05) is 5.56 Å². The van der Waals surface area contributed by atoms with Crippen LogP contribution in [0.2, 0.25) is 0 Å². The first-order chi connectivity index (χ1) is 12.8. The van der Waals surface area contributed by atoms with Gasteiger partial charge >= 0.3 is 0 Å². The summed E-state index contributed by atoms with van der Waals surface area (Å²) in [6, 6.07) is 20.3. The van der Waals surface area contributed by atoms with Crippen molar-refractivity contribution in [3.63, 3.8) is 0 Å². The Kier molecular flexibility index (Phi) is 5.44. The minimum atomic E-state index is -0.0774. The number of aromatic nitrogens is 3. The van der Waals surface area contributed by atoms with Gasteiger partial charge in [-0.05, 0) is 35.7 Å². The van der Waals surface area contributed by atoms with Crippen molar-refractivity contribution < 1.29 is 5.11 Å². The normalized spacial score (nSPS) is 10.5. The summed E-state index contributed by atoms with van der Waals surface area (Å²) < 4.78 is 1.72. The molecule has 0 bridgehead atoms. The molecule has 0 saturated carbocycles. The second kappa shape index (κ2) is 7.93. The van der Waals surface area contributed by atoms with Crippen molar-refractivity contribution in [3.8, 4) is 22.4 Å². The van der Waals surface area contributed by atoms with Crippen LogP contribution < -0.4 is 0 Å². The van der Waals surface area contributed by atoms with E-state index in [2.05, 4.69) is 47.3 Å². The monoisotopic (exact) mass is 345 g/mol. The molecule has 0 radical (unpaired) electrons. The maximum absolute atomic E-state index is 9.23. The fourth-order valence-corrected chi connectivity index (χ4v) is 2.98. The lowest BCUT2D eigenvalue weighted by Gasteiger charge is -2.10. The second-order valence-corrected chi connectivity index (χ2v) is 5.76. The first-order valence-electron chi connectivity index (χ1n) is 8.88. The average Bonchev–Trinajstić information content (AvgIpc) is 3.13. The van der Waals surface area contributed by atoms with Gasteiger partial charge in [0.1, 0.15) is 0 Å². The topological polar surface area (TPSA) is 50.4 Å². The number of hydrogen-bond acceptors (Lipinski definition) is 3. The zero-order valence-electron chi connectivity index (χ0n) is 15.3. The van der Waals surface area contributed by atoms with Gasteiger partial charge in [-0.15, -0.1) is 0 Å². The summed E-state index contributed by atoms with van der Waals surface area (Å²) in [5, 5.41) is 13.6. The van der Waals surface area contributed by atoms with E-state index >= 15 is 0 Å². The molecule has 26 heavy (non-hydrogen) atoms. The van der Waals surface area contributed by atoms with Gasteiger partial charge in [0.25, 0.3) is 0 Å². The Balaban J connectivity index is 0.000000948. The lowest BCUT2D eigenvalue weighted by molar-refractivity contribution is 0.275. The van der Waals surface area contributed by atoms with Crippen LogP contribution in [0.4, 0.5) is 0 Å². The van der Waals surface area contributed by atoms with Crippen molar-refractivity contribution in [1.82, 2.24) is 14.6 Å². The SMILES string of the molecule is CC.Cc1c(-c2ccccc2)cccc1-c1cn2nc(CO)ccc2n1. The molecule has 4 nitrogen and oxygen atoms in total. The third-order valence-corrected chi connectivity index (χ3v) is 4.23. The van der Waals surface area contributed by atoms with Crippen LogP contribution in [0.15, 0.2) is 66.9 Å². The van der Waals surface area contributed by atoms with Gasteiger partial charge < -0.3 is 5.11 Å².